The van der Waals surface area contributed by atoms with E-state index in [9.17, 15) is 18.7 Å². The van der Waals surface area contributed by atoms with Crippen LogP contribution in [-0.4, -0.2) is 29.5 Å². The lowest BCUT2D eigenvalue weighted by atomic mass is 9.94. The number of phenolic OH excluding ortho intramolecular Hbond substituents is 1. The lowest BCUT2D eigenvalue weighted by Crippen LogP contribution is -2.27. The maximum absolute atomic E-state index is 14.0. The summed E-state index contributed by atoms with van der Waals surface area (Å²) in [5.74, 6) is -1.23. The SMILES string of the molecule is CN(CCCCCCCCc1ccccc1)C(=O)c1cc(-c2cccc(F)c2)c(O)c(-c2cccc(F)c2)c1. The van der Waals surface area contributed by atoms with Gasteiger partial charge in [0.25, 0.3) is 5.91 Å². The highest BCUT2D eigenvalue weighted by molar-refractivity contribution is 5.98. The van der Waals surface area contributed by atoms with Gasteiger partial charge in [0.2, 0.25) is 0 Å². The fraction of sp³-hybridized carbons (Fsp3) is 0.265. The van der Waals surface area contributed by atoms with Gasteiger partial charge in [-0.25, -0.2) is 8.78 Å². The molecule has 0 aromatic heterocycles. The zero-order valence-electron chi connectivity index (χ0n) is 22.4. The summed E-state index contributed by atoms with van der Waals surface area (Å²) in [6, 6.07) is 25.4. The van der Waals surface area contributed by atoms with Crippen molar-refractivity contribution < 1.29 is 18.7 Å². The van der Waals surface area contributed by atoms with Crippen LogP contribution >= 0.6 is 0 Å². The largest absolute Gasteiger partial charge is 0.507 e. The van der Waals surface area contributed by atoms with E-state index < -0.39 is 11.6 Å². The average molecular weight is 528 g/mol. The molecule has 0 heterocycles. The first-order chi connectivity index (χ1) is 18.9. The Kier molecular flexibility index (Phi) is 9.85. The van der Waals surface area contributed by atoms with E-state index in [1.54, 1.807) is 48.3 Å². The first-order valence-corrected chi connectivity index (χ1v) is 13.6. The van der Waals surface area contributed by atoms with Gasteiger partial charge in [-0.3, -0.25) is 4.79 Å². The van der Waals surface area contributed by atoms with Crippen LogP contribution in [0.1, 0.15) is 54.4 Å². The van der Waals surface area contributed by atoms with Crippen molar-refractivity contribution in [2.24, 2.45) is 0 Å². The van der Waals surface area contributed by atoms with Crippen LogP contribution in [0.4, 0.5) is 8.78 Å². The number of nitrogens with zero attached hydrogens (tertiary/aromatic N) is 1. The Bertz CT molecular complexity index is 1320. The number of hydrogen-bond donors (Lipinski definition) is 1. The van der Waals surface area contributed by atoms with Crippen LogP contribution in [0.2, 0.25) is 0 Å². The summed E-state index contributed by atoms with van der Waals surface area (Å²) in [7, 11) is 1.76. The third kappa shape index (κ3) is 7.76. The molecule has 0 radical (unpaired) electrons. The first-order valence-electron chi connectivity index (χ1n) is 13.6. The van der Waals surface area contributed by atoms with Gasteiger partial charge in [-0.15, -0.1) is 0 Å². The lowest BCUT2D eigenvalue weighted by molar-refractivity contribution is 0.0792. The topological polar surface area (TPSA) is 40.5 Å². The Morgan fingerprint density at radius 1 is 0.692 bits per heavy atom. The summed E-state index contributed by atoms with van der Waals surface area (Å²) in [5, 5.41) is 11.1. The van der Waals surface area contributed by atoms with Crippen molar-refractivity contribution in [3.8, 4) is 28.0 Å². The molecule has 0 saturated carbocycles. The first kappa shape index (κ1) is 28.0. The highest BCUT2D eigenvalue weighted by Crippen LogP contribution is 2.40. The number of rotatable bonds is 12. The molecule has 4 rings (SSSR count). The number of unbranched alkanes of at least 4 members (excludes halogenated alkanes) is 5. The third-order valence-electron chi connectivity index (χ3n) is 7.03. The lowest BCUT2D eigenvalue weighted by Gasteiger charge is -2.19. The number of aryl methyl sites for hydroxylation is 1. The van der Waals surface area contributed by atoms with E-state index in [0.717, 1.165) is 25.7 Å². The molecular formula is C34H35F2NO2. The Morgan fingerprint density at radius 2 is 1.23 bits per heavy atom. The molecule has 5 heteroatoms. The molecule has 1 N–H and O–H groups in total. The molecule has 0 atom stereocenters. The Hall–Kier alpha value is -3.99. The molecule has 0 spiro atoms. The molecule has 1 amide bonds. The fourth-order valence-corrected chi connectivity index (χ4v) is 4.86. The highest BCUT2D eigenvalue weighted by Gasteiger charge is 2.19. The van der Waals surface area contributed by atoms with E-state index in [2.05, 4.69) is 24.3 Å². The summed E-state index contributed by atoms with van der Waals surface area (Å²) in [6.07, 6.45) is 7.74. The van der Waals surface area contributed by atoms with Gasteiger partial charge < -0.3 is 10.0 Å². The van der Waals surface area contributed by atoms with Crippen molar-refractivity contribution in [1.29, 1.82) is 0 Å². The molecule has 0 aliphatic heterocycles. The van der Waals surface area contributed by atoms with Crippen LogP contribution in [0, 0.1) is 11.6 Å². The van der Waals surface area contributed by atoms with Crippen molar-refractivity contribution in [3.63, 3.8) is 0 Å². The maximum atomic E-state index is 14.0. The third-order valence-corrected chi connectivity index (χ3v) is 7.03. The minimum atomic E-state index is -0.451. The fourth-order valence-electron chi connectivity index (χ4n) is 4.86. The predicted octanol–water partition coefficient (Wildman–Crippen LogP) is 8.66. The number of halogens is 2. The molecule has 0 saturated heterocycles. The van der Waals surface area contributed by atoms with Crippen molar-refractivity contribution in [1.82, 2.24) is 4.90 Å². The van der Waals surface area contributed by atoms with Crippen molar-refractivity contribution in [2.45, 2.75) is 44.9 Å². The van der Waals surface area contributed by atoms with Gasteiger partial charge in [0.05, 0.1) is 0 Å². The quantitative estimate of drug-likeness (QED) is 0.187. The van der Waals surface area contributed by atoms with Crippen LogP contribution in [0.3, 0.4) is 0 Å². The monoisotopic (exact) mass is 527 g/mol. The molecule has 4 aromatic carbocycles. The number of phenols is 1. The number of amides is 1. The number of hydrogen-bond acceptors (Lipinski definition) is 2. The average Bonchev–Trinajstić information content (AvgIpc) is 2.94. The van der Waals surface area contributed by atoms with Crippen LogP contribution in [0.25, 0.3) is 22.3 Å². The summed E-state index contributed by atoms with van der Waals surface area (Å²) in [6.45, 7) is 0.605. The minimum Gasteiger partial charge on any atom is -0.507 e. The van der Waals surface area contributed by atoms with Gasteiger partial charge in [0, 0.05) is 30.3 Å². The molecule has 3 nitrogen and oxygen atoms in total. The van der Waals surface area contributed by atoms with Crippen LogP contribution in [-0.2, 0) is 6.42 Å². The van der Waals surface area contributed by atoms with Gasteiger partial charge >= 0.3 is 0 Å². The molecule has 0 aliphatic carbocycles. The molecule has 202 valence electrons. The predicted molar refractivity (Wildman–Crippen MR) is 154 cm³/mol. The number of carbonyl (C=O) groups is 1. The van der Waals surface area contributed by atoms with Crippen LogP contribution in [0.15, 0.2) is 91.0 Å². The van der Waals surface area contributed by atoms with Crippen molar-refractivity contribution in [2.75, 3.05) is 13.6 Å². The van der Waals surface area contributed by atoms with E-state index >= 15 is 0 Å². The van der Waals surface area contributed by atoms with Crippen LogP contribution in [0.5, 0.6) is 5.75 Å². The summed E-state index contributed by atoms with van der Waals surface area (Å²) in [5.41, 5.74) is 3.26. The second kappa shape index (κ2) is 13.7. The number of carbonyl (C=O) groups excluding carboxylic acids is 1. The second-order valence-corrected chi connectivity index (χ2v) is 10.0. The van der Waals surface area contributed by atoms with E-state index in [4.69, 9.17) is 0 Å². The Morgan fingerprint density at radius 3 is 1.79 bits per heavy atom. The Labute approximate surface area is 229 Å². The van der Waals surface area contributed by atoms with Gasteiger partial charge in [-0.1, -0.05) is 80.3 Å². The zero-order valence-corrected chi connectivity index (χ0v) is 22.4. The molecule has 39 heavy (non-hydrogen) atoms. The summed E-state index contributed by atoms with van der Waals surface area (Å²) >= 11 is 0. The van der Waals surface area contributed by atoms with Crippen molar-refractivity contribution in [3.05, 3.63) is 114 Å². The van der Waals surface area contributed by atoms with E-state index in [0.29, 0.717) is 34.4 Å². The standard InChI is InChI=1S/C34H35F2NO2/c1-37(20-10-5-3-2-4-7-13-25-14-8-6-9-15-25)34(39)28-23-31(26-16-11-18-29(35)21-26)33(38)32(24-28)27-17-12-19-30(36)22-27/h6,8-9,11-12,14-19,21-24,38H,2-5,7,10,13,20H2,1H3. The van der Waals surface area contributed by atoms with E-state index in [-0.39, 0.29) is 11.7 Å². The summed E-state index contributed by atoms with van der Waals surface area (Å²) < 4.78 is 28.0. The molecule has 0 unspecified atom stereocenters. The van der Waals surface area contributed by atoms with Crippen molar-refractivity contribution >= 4 is 5.91 Å². The normalized spacial score (nSPS) is 10.9. The van der Waals surface area contributed by atoms with Gasteiger partial charge in [-0.2, -0.15) is 0 Å². The minimum absolute atomic E-state index is 0.127. The number of aromatic hydroxyl groups is 1. The molecule has 0 aliphatic rings. The number of benzene rings is 4. The Balaban J connectivity index is 1.39. The van der Waals surface area contributed by atoms with Gasteiger partial charge in [0.1, 0.15) is 17.4 Å². The maximum Gasteiger partial charge on any atom is 0.253 e. The van der Waals surface area contributed by atoms with Gasteiger partial charge in [0.15, 0.2) is 0 Å². The molecule has 4 aromatic rings. The zero-order chi connectivity index (χ0) is 27.6. The molecular weight excluding hydrogens is 492 g/mol. The molecule has 0 bridgehead atoms. The van der Waals surface area contributed by atoms with Gasteiger partial charge in [-0.05, 0) is 72.4 Å². The van der Waals surface area contributed by atoms with E-state index in [1.165, 1.54) is 49.1 Å². The smallest absolute Gasteiger partial charge is 0.253 e. The highest BCUT2D eigenvalue weighted by atomic mass is 19.1. The summed E-state index contributed by atoms with van der Waals surface area (Å²) in [4.78, 5) is 15.1. The second-order valence-electron chi connectivity index (χ2n) is 10.0. The van der Waals surface area contributed by atoms with E-state index in [1.807, 2.05) is 6.07 Å². The molecule has 0 fully saturated rings. The van der Waals surface area contributed by atoms with Crippen LogP contribution < -0.4 is 0 Å².